The van der Waals surface area contributed by atoms with Crippen molar-refractivity contribution in [2.75, 3.05) is 31.1 Å². The van der Waals surface area contributed by atoms with Crippen LogP contribution in [0.3, 0.4) is 0 Å². The van der Waals surface area contributed by atoms with Gasteiger partial charge in [-0.3, -0.25) is 4.90 Å². The Labute approximate surface area is 142 Å². The lowest BCUT2D eigenvalue weighted by molar-refractivity contribution is 0.219. The van der Waals surface area contributed by atoms with Gasteiger partial charge in [-0.25, -0.2) is 0 Å². The first-order chi connectivity index (χ1) is 10.2. The largest absolute Gasteiger partial charge is 0.310 e. The molecule has 0 saturated carbocycles. The molecule has 2 rings (SSSR count). The van der Waals surface area contributed by atoms with E-state index in [-0.39, 0.29) is 0 Å². The molecule has 4 heteroatoms. The standard InChI is InChI=1S/C17H27BrN2S/c1-3-9-19-17(15-4-6-16(18)7-5-15)8-10-20-11-12-21-13-14(20)2/h4-7,14,17,19H,3,8-13H2,1-2H3. The summed E-state index contributed by atoms with van der Waals surface area (Å²) in [5, 5.41) is 3.71. The molecule has 1 aromatic rings. The van der Waals surface area contributed by atoms with E-state index in [0.717, 1.165) is 17.1 Å². The summed E-state index contributed by atoms with van der Waals surface area (Å²) in [6, 6.07) is 9.98. The molecule has 1 aliphatic rings. The molecule has 1 saturated heterocycles. The average Bonchev–Trinajstić information content (AvgIpc) is 2.50. The van der Waals surface area contributed by atoms with Crippen molar-refractivity contribution in [1.29, 1.82) is 0 Å². The third kappa shape index (κ3) is 5.59. The first-order valence-corrected chi connectivity index (χ1v) is 9.96. The first-order valence-electron chi connectivity index (χ1n) is 8.01. The van der Waals surface area contributed by atoms with Crippen molar-refractivity contribution in [2.24, 2.45) is 0 Å². The van der Waals surface area contributed by atoms with Crippen molar-refractivity contribution in [2.45, 2.75) is 38.8 Å². The second-order valence-electron chi connectivity index (χ2n) is 5.81. The summed E-state index contributed by atoms with van der Waals surface area (Å²) in [7, 11) is 0. The van der Waals surface area contributed by atoms with E-state index in [1.807, 2.05) is 0 Å². The Morgan fingerprint density at radius 2 is 2.14 bits per heavy atom. The summed E-state index contributed by atoms with van der Waals surface area (Å²) in [5.41, 5.74) is 1.41. The van der Waals surface area contributed by atoms with Crippen LogP contribution in [0.5, 0.6) is 0 Å². The molecule has 0 bridgehead atoms. The fourth-order valence-electron chi connectivity index (χ4n) is 2.79. The molecule has 1 fully saturated rings. The number of nitrogens with zero attached hydrogens (tertiary/aromatic N) is 1. The Kier molecular flexibility index (Phi) is 7.58. The van der Waals surface area contributed by atoms with Crippen LogP contribution < -0.4 is 5.32 Å². The van der Waals surface area contributed by atoms with Crippen molar-refractivity contribution >= 4 is 27.7 Å². The highest BCUT2D eigenvalue weighted by molar-refractivity contribution is 9.10. The van der Waals surface area contributed by atoms with Gasteiger partial charge in [0.1, 0.15) is 0 Å². The van der Waals surface area contributed by atoms with Crippen LogP contribution in [0.4, 0.5) is 0 Å². The van der Waals surface area contributed by atoms with Crippen LogP contribution in [0.1, 0.15) is 38.3 Å². The molecule has 1 aromatic carbocycles. The predicted octanol–water partition coefficient (Wildman–Crippen LogP) is 4.32. The topological polar surface area (TPSA) is 15.3 Å². The number of hydrogen-bond acceptors (Lipinski definition) is 3. The Morgan fingerprint density at radius 1 is 1.38 bits per heavy atom. The van der Waals surface area contributed by atoms with Gasteiger partial charge in [0.05, 0.1) is 0 Å². The Hall–Kier alpha value is -0.0300. The van der Waals surface area contributed by atoms with Crippen molar-refractivity contribution in [3.05, 3.63) is 34.3 Å². The third-order valence-electron chi connectivity index (χ3n) is 4.12. The van der Waals surface area contributed by atoms with Crippen LogP contribution in [-0.4, -0.2) is 42.1 Å². The average molecular weight is 371 g/mol. The van der Waals surface area contributed by atoms with Crippen LogP contribution >= 0.6 is 27.7 Å². The van der Waals surface area contributed by atoms with Crippen LogP contribution in [0, 0.1) is 0 Å². The molecule has 1 aliphatic heterocycles. The van der Waals surface area contributed by atoms with Gasteiger partial charge in [0.15, 0.2) is 0 Å². The normalized spacial score (nSPS) is 21.4. The summed E-state index contributed by atoms with van der Waals surface area (Å²) in [6.45, 7) is 8.12. The van der Waals surface area contributed by atoms with Gasteiger partial charge in [-0.1, -0.05) is 35.0 Å². The zero-order valence-corrected chi connectivity index (χ0v) is 15.5. The summed E-state index contributed by atoms with van der Waals surface area (Å²) in [5.74, 6) is 2.57. The molecule has 0 aromatic heterocycles. The molecule has 0 amide bonds. The Bertz CT molecular complexity index is 410. The molecule has 2 nitrogen and oxygen atoms in total. The quantitative estimate of drug-likeness (QED) is 0.769. The zero-order chi connectivity index (χ0) is 15.1. The van der Waals surface area contributed by atoms with Gasteiger partial charge in [-0.15, -0.1) is 0 Å². The second kappa shape index (κ2) is 9.19. The lowest BCUT2D eigenvalue weighted by Gasteiger charge is -2.34. The van der Waals surface area contributed by atoms with E-state index in [4.69, 9.17) is 0 Å². The highest BCUT2D eigenvalue weighted by Gasteiger charge is 2.20. The van der Waals surface area contributed by atoms with E-state index >= 15 is 0 Å². The highest BCUT2D eigenvalue weighted by Crippen LogP contribution is 2.22. The van der Waals surface area contributed by atoms with E-state index in [9.17, 15) is 0 Å². The van der Waals surface area contributed by atoms with Crippen molar-refractivity contribution in [3.63, 3.8) is 0 Å². The Balaban J connectivity index is 1.94. The molecule has 0 aliphatic carbocycles. The van der Waals surface area contributed by atoms with E-state index in [2.05, 4.69) is 76.0 Å². The van der Waals surface area contributed by atoms with Crippen molar-refractivity contribution in [3.8, 4) is 0 Å². The van der Waals surface area contributed by atoms with Gasteiger partial charge in [-0.2, -0.15) is 11.8 Å². The third-order valence-corrected chi connectivity index (χ3v) is 5.84. The van der Waals surface area contributed by atoms with E-state index < -0.39 is 0 Å². The monoisotopic (exact) mass is 370 g/mol. The minimum atomic E-state index is 0.472. The van der Waals surface area contributed by atoms with Gasteiger partial charge >= 0.3 is 0 Å². The second-order valence-corrected chi connectivity index (χ2v) is 7.87. The molecule has 2 unspecified atom stereocenters. The predicted molar refractivity (Wildman–Crippen MR) is 98.2 cm³/mol. The molecular formula is C17H27BrN2S. The summed E-state index contributed by atoms with van der Waals surface area (Å²) < 4.78 is 1.15. The van der Waals surface area contributed by atoms with Crippen LogP contribution in [0.15, 0.2) is 28.7 Å². The molecular weight excluding hydrogens is 344 g/mol. The van der Waals surface area contributed by atoms with E-state index in [1.165, 1.54) is 43.0 Å². The zero-order valence-electron chi connectivity index (χ0n) is 13.1. The first kappa shape index (κ1) is 17.3. The van der Waals surface area contributed by atoms with Crippen LogP contribution in [0.2, 0.25) is 0 Å². The SMILES string of the molecule is CCCNC(CCN1CCSCC1C)c1ccc(Br)cc1. The number of rotatable bonds is 7. The molecule has 1 N–H and O–H groups in total. The minimum absolute atomic E-state index is 0.472. The van der Waals surface area contributed by atoms with Gasteiger partial charge in [-0.05, 0) is 44.0 Å². The number of nitrogens with one attached hydrogen (secondary N) is 1. The molecule has 0 radical (unpaired) electrons. The fraction of sp³-hybridized carbons (Fsp3) is 0.647. The van der Waals surface area contributed by atoms with Gasteiger partial charge in [0.2, 0.25) is 0 Å². The lowest BCUT2D eigenvalue weighted by atomic mass is 10.0. The molecule has 1 heterocycles. The lowest BCUT2D eigenvalue weighted by Crippen LogP contribution is -2.42. The van der Waals surface area contributed by atoms with E-state index in [0.29, 0.717) is 6.04 Å². The van der Waals surface area contributed by atoms with Gasteiger partial charge in [0.25, 0.3) is 0 Å². The molecule has 118 valence electrons. The van der Waals surface area contributed by atoms with Crippen LogP contribution in [0.25, 0.3) is 0 Å². The number of hydrogen-bond donors (Lipinski definition) is 1. The van der Waals surface area contributed by atoms with Crippen molar-refractivity contribution in [1.82, 2.24) is 10.2 Å². The number of halogens is 1. The van der Waals surface area contributed by atoms with Crippen molar-refractivity contribution < 1.29 is 0 Å². The maximum atomic E-state index is 3.71. The fourth-order valence-corrected chi connectivity index (χ4v) is 4.14. The maximum Gasteiger partial charge on any atom is 0.0332 e. The molecule has 21 heavy (non-hydrogen) atoms. The maximum absolute atomic E-state index is 3.71. The number of thioether (sulfide) groups is 1. The highest BCUT2D eigenvalue weighted by atomic mass is 79.9. The molecule has 0 spiro atoms. The Morgan fingerprint density at radius 3 is 2.81 bits per heavy atom. The smallest absolute Gasteiger partial charge is 0.0332 e. The number of benzene rings is 1. The van der Waals surface area contributed by atoms with E-state index in [1.54, 1.807) is 0 Å². The minimum Gasteiger partial charge on any atom is -0.310 e. The van der Waals surface area contributed by atoms with Gasteiger partial charge < -0.3 is 5.32 Å². The summed E-state index contributed by atoms with van der Waals surface area (Å²) >= 11 is 5.62. The summed E-state index contributed by atoms with van der Waals surface area (Å²) in [6.07, 6.45) is 2.38. The van der Waals surface area contributed by atoms with Gasteiger partial charge in [0, 0.05) is 41.2 Å². The summed E-state index contributed by atoms with van der Waals surface area (Å²) in [4.78, 5) is 2.65. The van der Waals surface area contributed by atoms with Crippen LogP contribution in [-0.2, 0) is 0 Å². The molecule has 2 atom stereocenters.